The average Bonchev–Trinajstić information content (AvgIpc) is 3.28. The number of para-hydroxylation sites is 1. The van der Waals surface area contributed by atoms with E-state index in [0.29, 0.717) is 12.2 Å². The number of tetrazole rings is 1. The van der Waals surface area contributed by atoms with Crippen LogP contribution in [0.4, 0.5) is 0 Å². The van der Waals surface area contributed by atoms with Gasteiger partial charge < -0.3 is 10.2 Å². The molecular formula is C16H17N7OS. The molecule has 0 radical (unpaired) electrons. The first-order chi connectivity index (χ1) is 12.3. The van der Waals surface area contributed by atoms with Crippen molar-refractivity contribution in [1.29, 1.82) is 0 Å². The van der Waals surface area contributed by atoms with Gasteiger partial charge in [0.15, 0.2) is 11.0 Å². The fraction of sp³-hybridized carbons (Fsp3) is 0.312. The number of aliphatic imine (C=N–C) groups is 1. The van der Waals surface area contributed by atoms with Gasteiger partial charge in [0.1, 0.15) is 0 Å². The first kappa shape index (κ1) is 15.8. The Hall–Kier alpha value is -2.68. The Labute approximate surface area is 149 Å². The predicted molar refractivity (Wildman–Crippen MR) is 94.9 cm³/mol. The van der Waals surface area contributed by atoms with Crippen LogP contribution in [0.5, 0.6) is 0 Å². The minimum atomic E-state index is -0.0544. The van der Waals surface area contributed by atoms with Crippen molar-refractivity contribution in [3.05, 3.63) is 47.3 Å². The third kappa shape index (κ3) is 3.41. The van der Waals surface area contributed by atoms with Gasteiger partial charge in [-0.1, -0.05) is 30.0 Å². The third-order valence-electron chi connectivity index (χ3n) is 3.99. The SMILES string of the molecule is O=C(CC1=CSC2=NCCCN12)NCc1nnnn1-c1ccccc1. The molecular weight excluding hydrogens is 338 g/mol. The lowest BCUT2D eigenvalue weighted by Crippen LogP contribution is -2.32. The van der Waals surface area contributed by atoms with Crippen LogP contribution in [0.2, 0.25) is 0 Å². The molecule has 2 aliphatic rings. The van der Waals surface area contributed by atoms with Crippen LogP contribution < -0.4 is 5.32 Å². The number of benzene rings is 1. The second-order valence-corrected chi connectivity index (χ2v) is 6.53. The van der Waals surface area contributed by atoms with Gasteiger partial charge in [-0.3, -0.25) is 9.79 Å². The molecule has 0 fully saturated rings. The van der Waals surface area contributed by atoms with E-state index in [2.05, 4.69) is 30.7 Å². The van der Waals surface area contributed by atoms with Crippen molar-refractivity contribution in [3.8, 4) is 5.69 Å². The van der Waals surface area contributed by atoms with E-state index in [1.807, 2.05) is 35.7 Å². The fourth-order valence-electron chi connectivity index (χ4n) is 2.76. The van der Waals surface area contributed by atoms with E-state index >= 15 is 0 Å². The summed E-state index contributed by atoms with van der Waals surface area (Å²) in [5.74, 6) is 0.538. The van der Waals surface area contributed by atoms with Crippen LogP contribution >= 0.6 is 11.8 Å². The molecule has 25 heavy (non-hydrogen) atoms. The summed E-state index contributed by atoms with van der Waals surface area (Å²) in [7, 11) is 0. The number of nitrogens with one attached hydrogen (secondary N) is 1. The number of amides is 1. The number of nitrogens with zero attached hydrogens (tertiary/aromatic N) is 6. The minimum absolute atomic E-state index is 0.0544. The van der Waals surface area contributed by atoms with Gasteiger partial charge in [-0.05, 0) is 34.4 Å². The highest BCUT2D eigenvalue weighted by molar-refractivity contribution is 8.16. The van der Waals surface area contributed by atoms with Gasteiger partial charge in [-0.25, -0.2) is 0 Å². The Balaban J connectivity index is 1.37. The molecule has 9 heteroatoms. The van der Waals surface area contributed by atoms with Gasteiger partial charge in [0.05, 0.1) is 18.7 Å². The molecule has 0 saturated carbocycles. The van der Waals surface area contributed by atoms with Crippen LogP contribution in [0.1, 0.15) is 18.7 Å². The number of rotatable bonds is 5. The summed E-state index contributed by atoms with van der Waals surface area (Å²) >= 11 is 1.59. The van der Waals surface area contributed by atoms with Gasteiger partial charge in [-0.2, -0.15) is 4.68 Å². The van der Waals surface area contributed by atoms with Gasteiger partial charge in [-0.15, -0.1) is 5.10 Å². The Kier molecular flexibility index (Phi) is 4.47. The summed E-state index contributed by atoms with van der Waals surface area (Å²) < 4.78 is 1.63. The smallest absolute Gasteiger partial charge is 0.226 e. The number of fused-ring (bicyclic) bond motifs is 1. The maximum absolute atomic E-state index is 12.3. The number of hydrogen-bond donors (Lipinski definition) is 1. The summed E-state index contributed by atoms with van der Waals surface area (Å²) in [6.45, 7) is 2.08. The molecule has 1 aromatic heterocycles. The highest BCUT2D eigenvalue weighted by atomic mass is 32.2. The molecule has 1 aromatic carbocycles. The van der Waals surface area contributed by atoms with Crippen LogP contribution in [0.25, 0.3) is 5.69 Å². The maximum Gasteiger partial charge on any atom is 0.226 e. The normalized spacial score (nSPS) is 16.2. The highest BCUT2D eigenvalue weighted by Crippen LogP contribution is 2.30. The van der Waals surface area contributed by atoms with E-state index in [1.54, 1.807) is 16.4 Å². The van der Waals surface area contributed by atoms with Crippen molar-refractivity contribution in [3.63, 3.8) is 0 Å². The van der Waals surface area contributed by atoms with Gasteiger partial charge >= 0.3 is 0 Å². The molecule has 4 rings (SSSR count). The first-order valence-corrected chi connectivity index (χ1v) is 8.96. The van der Waals surface area contributed by atoms with Crippen molar-refractivity contribution >= 4 is 22.8 Å². The lowest BCUT2D eigenvalue weighted by atomic mass is 10.2. The molecule has 3 heterocycles. The van der Waals surface area contributed by atoms with Crippen LogP contribution in [0.15, 0.2) is 46.4 Å². The Morgan fingerprint density at radius 2 is 2.16 bits per heavy atom. The van der Waals surface area contributed by atoms with Crippen LogP contribution in [0, 0.1) is 0 Å². The molecule has 2 aliphatic heterocycles. The predicted octanol–water partition coefficient (Wildman–Crippen LogP) is 1.32. The summed E-state index contributed by atoms with van der Waals surface area (Å²) in [6.07, 6.45) is 1.35. The zero-order chi connectivity index (χ0) is 17.1. The standard InChI is InChI=1S/C16H17N7OS/c24-15(9-13-11-25-16-17-7-4-8-22(13)16)18-10-14-19-20-21-23(14)12-5-2-1-3-6-12/h1-3,5-6,11H,4,7-10H2,(H,18,24). The zero-order valence-corrected chi connectivity index (χ0v) is 14.3. The summed E-state index contributed by atoms with van der Waals surface area (Å²) in [5, 5.41) is 17.6. The zero-order valence-electron chi connectivity index (χ0n) is 13.5. The van der Waals surface area contributed by atoms with Crippen molar-refractivity contribution in [1.82, 2.24) is 30.4 Å². The molecule has 0 spiro atoms. The summed E-state index contributed by atoms with van der Waals surface area (Å²) in [4.78, 5) is 18.9. The Bertz CT molecular complexity index is 830. The van der Waals surface area contributed by atoms with Crippen molar-refractivity contribution in [2.45, 2.75) is 19.4 Å². The molecule has 0 aliphatic carbocycles. The van der Waals surface area contributed by atoms with E-state index in [1.165, 1.54) is 0 Å². The molecule has 0 bridgehead atoms. The number of aromatic nitrogens is 4. The number of carbonyl (C=O) groups is 1. The fourth-order valence-corrected chi connectivity index (χ4v) is 3.72. The molecule has 0 saturated heterocycles. The van der Waals surface area contributed by atoms with Crippen LogP contribution in [0.3, 0.4) is 0 Å². The lowest BCUT2D eigenvalue weighted by molar-refractivity contribution is -0.120. The van der Waals surface area contributed by atoms with Gasteiger partial charge in [0, 0.05) is 18.8 Å². The monoisotopic (exact) mass is 355 g/mol. The van der Waals surface area contributed by atoms with E-state index in [-0.39, 0.29) is 12.5 Å². The molecule has 128 valence electrons. The minimum Gasteiger partial charge on any atom is -0.348 e. The van der Waals surface area contributed by atoms with E-state index in [0.717, 1.165) is 36.1 Å². The lowest BCUT2D eigenvalue weighted by Gasteiger charge is -2.25. The first-order valence-electron chi connectivity index (χ1n) is 8.08. The average molecular weight is 355 g/mol. The van der Waals surface area contributed by atoms with Gasteiger partial charge in [0.25, 0.3) is 0 Å². The largest absolute Gasteiger partial charge is 0.348 e. The Morgan fingerprint density at radius 1 is 1.28 bits per heavy atom. The number of hydrogen-bond acceptors (Lipinski definition) is 7. The molecule has 2 aromatic rings. The molecule has 0 unspecified atom stereocenters. The van der Waals surface area contributed by atoms with Crippen molar-refractivity contribution < 1.29 is 4.79 Å². The molecule has 1 N–H and O–H groups in total. The van der Waals surface area contributed by atoms with Crippen LogP contribution in [-0.4, -0.2) is 49.3 Å². The number of amidine groups is 1. The molecule has 0 atom stereocenters. The number of carbonyl (C=O) groups excluding carboxylic acids is 1. The van der Waals surface area contributed by atoms with E-state index in [9.17, 15) is 4.79 Å². The van der Waals surface area contributed by atoms with Crippen LogP contribution in [-0.2, 0) is 11.3 Å². The van der Waals surface area contributed by atoms with E-state index in [4.69, 9.17) is 0 Å². The number of thioether (sulfide) groups is 1. The van der Waals surface area contributed by atoms with Crippen molar-refractivity contribution in [2.24, 2.45) is 4.99 Å². The quantitative estimate of drug-likeness (QED) is 0.870. The Morgan fingerprint density at radius 3 is 3.04 bits per heavy atom. The highest BCUT2D eigenvalue weighted by Gasteiger charge is 2.26. The van der Waals surface area contributed by atoms with E-state index < -0.39 is 0 Å². The third-order valence-corrected chi connectivity index (χ3v) is 4.94. The maximum atomic E-state index is 12.3. The summed E-state index contributed by atoms with van der Waals surface area (Å²) in [6, 6.07) is 9.60. The molecule has 8 nitrogen and oxygen atoms in total. The summed E-state index contributed by atoms with van der Waals surface area (Å²) in [5.41, 5.74) is 1.87. The second kappa shape index (κ2) is 7.06. The van der Waals surface area contributed by atoms with Crippen molar-refractivity contribution in [2.75, 3.05) is 13.1 Å². The topological polar surface area (TPSA) is 88.3 Å². The van der Waals surface area contributed by atoms with Gasteiger partial charge in [0.2, 0.25) is 5.91 Å². The second-order valence-electron chi connectivity index (χ2n) is 5.69. The molecule has 1 amide bonds.